The first-order valence-electron chi connectivity index (χ1n) is 9.14. The second-order valence-corrected chi connectivity index (χ2v) is 7.41. The summed E-state index contributed by atoms with van der Waals surface area (Å²) in [5.74, 6) is -0.215. The molecule has 7 nitrogen and oxygen atoms in total. The summed E-state index contributed by atoms with van der Waals surface area (Å²) in [5, 5.41) is 11.9. The largest absolute Gasteiger partial charge is 0.481 e. The Morgan fingerprint density at radius 1 is 1.35 bits per heavy atom. The lowest BCUT2D eigenvalue weighted by atomic mass is 9.69. The number of para-hydroxylation sites is 2. The third kappa shape index (κ3) is 3.44. The maximum Gasteiger partial charge on any atom is 0.306 e. The minimum Gasteiger partial charge on any atom is -0.481 e. The summed E-state index contributed by atoms with van der Waals surface area (Å²) < 4.78 is 6.02. The smallest absolute Gasteiger partial charge is 0.306 e. The van der Waals surface area contributed by atoms with Crippen LogP contribution in [0.5, 0.6) is 0 Å². The quantitative estimate of drug-likeness (QED) is 0.734. The van der Waals surface area contributed by atoms with E-state index in [2.05, 4.69) is 15.3 Å². The number of ether oxygens (including phenoxy) is 1. The highest BCUT2D eigenvalue weighted by Gasteiger charge is 2.52. The van der Waals surface area contributed by atoms with Gasteiger partial charge in [-0.05, 0) is 37.8 Å². The molecule has 1 atom stereocenters. The molecule has 1 aliphatic heterocycles. The number of nitrogens with zero attached hydrogens (tertiary/aromatic N) is 1. The molecule has 1 unspecified atom stereocenters. The molecule has 1 saturated carbocycles. The highest BCUT2D eigenvalue weighted by atomic mass is 16.5. The number of hydrogen-bond donors (Lipinski definition) is 3. The van der Waals surface area contributed by atoms with Crippen molar-refractivity contribution in [3.05, 3.63) is 30.1 Å². The molecule has 1 amide bonds. The third-order valence-electron chi connectivity index (χ3n) is 5.48. The van der Waals surface area contributed by atoms with Gasteiger partial charge in [0.1, 0.15) is 5.82 Å². The summed E-state index contributed by atoms with van der Waals surface area (Å²) in [6.07, 6.45) is 3.87. The van der Waals surface area contributed by atoms with Crippen LogP contribution in [-0.2, 0) is 20.7 Å². The van der Waals surface area contributed by atoms with Crippen LogP contribution in [0.4, 0.5) is 0 Å². The Hall–Kier alpha value is -2.41. The summed E-state index contributed by atoms with van der Waals surface area (Å²) in [4.78, 5) is 30.7. The summed E-state index contributed by atoms with van der Waals surface area (Å²) in [6.45, 7) is 0.485. The minimum atomic E-state index is -0.735. The molecule has 3 N–H and O–H groups in total. The van der Waals surface area contributed by atoms with Crippen molar-refractivity contribution in [2.24, 2.45) is 5.92 Å². The predicted octanol–water partition coefficient (Wildman–Crippen LogP) is 2.02. The van der Waals surface area contributed by atoms with Crippen molar-refractivity contribution in [1.29, 1.82) is 0 Å². The van der Waals surface area contributed by atoms with Gasteiger partial charge in [-0.2, -0.15) is 0 Å². The van der Waals surface area contributed by atoms with E-state index in [1.807, 2.05) is 24.3 Å². The molecule has 26 heavy (non-hydrogen) atoms. The monoisotopic (exact) mass is 357 g/mol. The van der Waals surface area contributed by atoms with E-state index in [0.717, 1.165) is 29.7 Å². The second-order valence-electron chi connectivity index (χ2n) is 7.41. The van der Waals surface area contributed by atoms with Crippen LogP contribution in [0.3, 0.4) is 0 Å². The Morgan fingerprint density at radius 3 is 2.92 bits per heavy atom. The van der Waals surface area contributed by atoms with Crippen LogP contribution in [0.15, 0.2) is 24.3 Å². The molecular formula is C19H23N3O4. The molecule has 2 fully saturated rings. The van der Waals surface area contributed by atoms with Crippen LogP contribution in [0.25, 0.3) is 11.0 Å². The van der Waals surface area contributed by atoms with E-state index in [9.17, 15) is 9.59 Å². The van der Waals surface area contributed by atoms with Gasteiger partial charge in [0, 0.05) is 19.4 Å². The first-order chi connectivity index (χ1) is 12.5. The van der Waals surface area contributed by atoms with Crippen molar-refractivity contribution in [2.45, 2.75) is 50.2 Å². The summed E-state index contributed by atoms with van der Waals surface area (Å²) in [7, 11) is 0. The molecule has 1 aromatic heterocycles. The maximum absolute atomic E-state index is 12.1. The van der Waals surface area contributed by atoms with Gasteiger partial charge >= 0.3 is 5.97 Å². The first-order valence-corrected chi connectivity index (χ1v) is 9.14. The van der Waals surface area contributed by atoms with Crippen molar-refractivity contribution in [3.8, 4) is 0 Å². The number of aliphatic carboxylic acids is 1. The van der Waals surface area contributed by atoms with Crippen molar-refractivity contribution in [1.82, 2.24) is 15.3 Å². The number of H-pyrrole nitrogens is 1. The van der Waals surface area contributed by atoms with Gasteiger partial charge in [-0.3, -0.25) is 9.59 Å². The van der Waals surface area contributed by atoms with Crippen LogP contribution in [-0.4, -0.2) is 45.2 Å². The second kappa shape index (κ2) is 6.72. The van der Waals surface area contributed by atoms with E-state index < -0.39 is 5.97 Å². The van der Waals surface area contributed by atoms with Gasteiger partial charge in [-0.25, -0.2) is 4.98 Å². The maximum atomic E-state index is 12.1. The first kappa shape index (κ1) is 17.0. The van der Waals surface area contributed by atoms with Crippen LogP contribution < -0.4 is 5.32 Å². The number of rotatable bonds is 6. The molecule has 0 bridgehead atoms. The molecule has 7 heteroatoms. The van der Waals surface area contributed by atoms with Crippen molar-refractivity contribution < 1.29 is 19.4 Å². The van der Waals surface area contributed by atoms with Gasteiger partial charge in [0.2, 0.25) is 5.91 Å². The number of amides is 1. The number of aromatic nitrogens is 2. The van der Waals surface area contributed by atoms with Crippen LogP contribution in [0.2, 0.25) is 0 Å². The normalized spacial score (nSPS) is 27.5. The van der Waals surface area contributed by atoms with Crippen molar-refractivity contribution in [3.63, 3.8) is 0 Å². The number of carbonyl (C=O) groups is 2. The number of fused-ring (bicyclic) bond motifs is 1. The lowest BCUT2D eigenvalue weighted by molar-refractivity contribution is -0.165. The molecule has 4 rings (SSSR count). The Labute approximate surface area is 151 Å². The SMILES string of the molecule is O=C(CCc1nc2ccccc2[nH]1)NCC1CCC2(CC(C(=O)O)C2)O1. The van der Waals surface area contributed by atoms with Crippen molar-refractivity contribution in [2.75, 3.05) is 6.54 Å². The summed E-state index contributed by atoms with van der Waals surface area (Å²) >= 11 is 0. The van der Waals surface area contributed by atoms with E-state index in [1.54, 1.807) is 0 Å². The van der Waals surface area contributed by atoms with Gasteiger partial charge < -0.3 is 20.1 Å². The Kier molecular flexibility index (Phi) is 4.40. The van der Waals surface area contributed by atoms with Gasteiger partial charge in [-0.1, -0.05) is 12.1 Å². The fraction of sp³-hybridized carbons (Fsp3) is 0.526. The van der Waals surface area contributed by atoms with Crippen LogP contribution >= 0.6 is 0 Å². The lowest BCUT2D eigenvalue weighted by Crippen LogP contribution is -2.47. The Morgan fingerprint density at radius 2 is 2.15 bits per heavy atom. The summed E-state index contributed by atoms with van der Waals surface area (Å²) in [5.41, 5.74) is 1.63. The average Bonchev–Trinajstić information content (AvgIpc) is 3.20. The molecule has 2 aromatic rings. The standard InChI is InChI=1S/C19H23N3O4/c23-17(6-5-16-21-14-3-1-2-4-15(14)22-16)20-11-13-7-8-19(26-13)9-12(10-19)18(24)25/h1-4,12-13H,5-11H2,(H,20,23)(H,21,22)(H,24,25). The molecule has 2 heterocycles. The molecular weight excluding hydrogens is 334 g/mol. The number of nitrogens with one attached hydrogen (secondary N) is 2. The Bertz CT molecular complexity index is 792. The molecule has 1 saturated heterocycles. The fourth-order valence-electron chi connectivity index (χ4n) is 4.02. The highest BCUT2D eigenvalue weighted by Crippen LogP contribution is 2.49. The Balaban J connectivity index is 1.19. The molecule has 138 valence electrons. The molecule has 0 radical (unpaired) electrons. The van der Waals surface area contributed by atoms with E-state index in [0.29, 0.717) is 32.2 Å². The molecule has 2 aliphatic rings. The van der Waals surface area contributed by atoms with Crippen LogP contribution in [0.1, 0.15) is 37.9 Å². The predicted molar refractivity (Wildman–Crippen MR) is 94.6 cm³/mol. The lowest BCUT2D eigenvalue weighted by Gasteiger charge is -2.42. The van der Waals surface area contributed by atoms with E-state index in [1.165, 1.54) is 0 Å². The topological polar surface area (TPSA) is 104 Å². The molecule has 1 aliphatic carbocycles. The summed E-state index contributed by atoms with van der Waals surface area (Å²) in [6, 6.07) is 7.80. The van der Waals surface area contributed by atoms with Gasteiger partial charge in [0.15, 0.2) is 0 Å². The molecule has 1 aromatic carbocycles. The van der Waals surface area contributed by atoms with Crippen LogP contribution in [0, 0.1) is 5.92 Å². The molecule has 1 spiro atoms. The van der Waals surface area contributed by atoms with E-state index >= 15 is 0 Å². The number of carboxylic acid groups (broad SMARTS) is 1. The van der Waals surface area contributed by atoms with E-state index in [4.69, 9.17) is 9.84 Å². The number of carboxylic acids is 1. The zero-order valence-corrected chi connectivity index (χ0v) is 14.5. The number of aromatic amines is 1. The number of imidazole rings is 1. The zero-order chi connectivity index (χ0) is 18.1. The van der Waals surface area contributed by atoms with Gasteiger partial charge in [0.25, 0.3) is 0 Å². The van der Waals surface area contributed by atoms with Crippen molar-refractivity contribution >= 4 is 22.9 Å². The third-order valence-corrected chi connectivity index (χ3v) is 5.48. The number of hydrogen-bond acceptors (Lipinski definition) is 4. The van der Waals surface area contributed by atoms with Gasteiger partial charge in [-0.15, -0.1) is 0 Å². The minimum absolute atomic E-state index is 0.0140. The number of aryl methyl sites for hydroxylation is 1. The fourth-order valence-corrected chi connectivity index (χ4v) is 4.02. The van der Waals surface area contributed by atoms with E-state index in [-0.39, 0.29) is 23.5 Å². The average molecular weight is 357 g/mol. The number of benzene rings is 1. The van der Waals surface area contributed by atoms with Gasteiger partial charge in [0.05, 0.1) is 28.7 Å². The highest BCUT2D eigenvalue weighted by molar-refractivity contribution is 5.77. The zero-order valence-electron chi connectivity index (χ0n) is 14.5. The number of carbonyl (C=O) groups excluding carboxylic acids is 1.